The molecule has 0 radical (unpaired) electrons. The van der Waals surface area contributed by atoms with Gasteiger partial charge in [-0.3, -0.25) is 4.18 Å². The molecular formula is C19H22O6S. The van der Waals surface area contributed by atoms with Crippen molar-refractivity contribution >= 4 is 16.3 Å². The van der Waals surface area contributed by atoms with E-state index in [1.54, 1.807) is 57.2 Å². The Morgan fingerprint density at radius 2 is 1.54 bits per heavy atom. The average molecular weight is 378 g/mol. The molecule has 0 amide bonds. The summed E-state index contributed by atoms with van der Waals surface area (Å²) < 4.78 is 39.5. The fourth-order valence-corrected chi connectivity index (χ4v) is 2.84. The molecule has 2 aromatic carbocycles. The number of carbonyl (C=O) groups is 1. The van der Waals surface area contributed by atoms with Crippen LogP contribution in [0.15, 0.2) is 53.4 Å². The molecule has 0 aromatic heterocycles. The number of hydrogen-bond acceptors (Lipinski definition) is 6. The second kappa shape index (κ2) is 7.88. The highest BCUT2D eigenvalue weighted by Crippen LogP contribution is 2.18. The van der Waals surface area contributed by atoms with Crippen LogP contribution in [0, 0.1) is 6.92 Å². The minimum absolute atomic E-state index is 0.105. The number of aryl methyl sites for hydroxylation is 1. The molecule has 0 fully saturated rings. The van der Waals surface area contributed by atoms with Gasteiger partial charge < -0.3 is 9.47 Å². The van der Waals surface area contributed by atoms with Crippen molar-refractivity contribution in [2.45, 2.75) is 44.8 Å². The van der Waals surface area contributed by atoms with Crippen molar-refractivity contribution in [3.63, 3.8) is 0 Å². The molecule has 0 aliphatic carbocycles. The zero-order valence-corrected chi connectivity index (χ0v) is 16.0. The summed E-state index contributed by atoms with van der Waals surface area (Å²) in [4.78, 5) is 11.7. The molecule has 0 spiro atoms. The summed E-state index contributed by atoms with van der Waals surface area (Å²) >= 11 is 0. The van der Waals surface area contributed by atoms with E-state index in [1.807, 2.05) is 6.92 Å². The molecule has 2 aromatic rings. The third-order valence-electron chi connectivity index (χ3n) is 3.20. The van der Waals surface area contributed by atoms with E-state index in [9.17, 15) is 13.2 Å². The fourth-order valence-electron chi connectivity index (χ4n) is 1.94. The molecule has 26 heavy (non-hydrogen) atoms. The lowest BCUT2D eigenvalue weighted by molar-refractivity contribution is 0.0206. The second-order valence-electron chi connectivity index (χ2n) is 6.74. The monoisotopic (exact) mass is 378 g/mol. The number of carbonyl (C=O) groups excluding carboxylic acids is 1. The topological polar surface area (TPSA) is 78.9 Å². The Morgan fingerprint density at radius 3 is 2.08 bits per heavy atom. The highest BCUT2D eigenvalue weighted by molar-refractivity contribution is 7.86. The maximum Gasteiger partial charge on any atom is 0.514 e. The van der Waals surface area contributed by atoms with Crippen molar-refractivity contribution in [2.24, 2.45) is 0 Å². The van der Waals surface area contributed by atoms with Crippen molar-refractivity contribution in [2.75, 3.05) is 0 Å². The molecular weight excluding hydrogens is 356 g/mol. The van der Waals surface area contributed by atoms with E-state index >= 15 is 0 Å². The van der Waals surface area contributed by atoms with Crippen LogP contribution in [0.2, 0.25) is 0 Å². The molecule has 0 unspecified atom stereocenters. The maximum absolute atomic E-state index is 12.2. The standard InChI is InChI=1S/C19H22O6S/c1-14-5-11-17(12-6-14)26(21,22)23-13-15-7-9-16(10-8-15)24-18(20)25-19(2,3)4/h5-12H,13H2,1-4H3. The van der Waals surface area contributed by atoms with E-state index in [0.717, 1.165) is 5.56 Å². The zero-order valence-electron chi connectivity index (χ0n) is 15.2. The van der Waals surface area contributed by atoms with E-state index in [-0.39, 0.29) is 11.5 Å². The zero-order chi connectivity index (χ0) is 19.4. The van der Waals surface area contributed by atoms with Crippen molar-refractivity contribution in [3.8, 4) is 5.75 Å². The van der Waals surface area contributed by atoms with Crippen molar-refractivity contribution in [1.82, 2.24) is 0 Å². The Kier molecular flexibility index (Phi) is 6.05. The fraction of sp³-hybridized carbons (Fsp3) is 0.316. The maximum atomic E-state index is 12.2. The molecule has 140 valence electrons. The van der Waals surface area contributed by atoms with Gasteiger partial charge in [0.2, 0.25) is 0 Å². The van der Waals surface area contributed by atoms with Gasteiger partial charge in [0, 0.05) is 0 Å². The molecule has 0 bridgehead atoms. The van der Waals surface area contributed by atoms with E-state index in [4.69, 9.17) is 13.7 Å². The summed E-state index contributed by atoms with van der Waals surface area (Å²) in [7, 11) is -3.83. The number of rotatable bonds is 5. The van der Waals surface area contributed by atoms with Crippen LogP contribution in [0.4, 0.5) is 4.79 Å². The molecule has 0 atom stereocenters. The van der Waals surface area contributed by atoms with Crippen LogP contribution in [-0.4, -0.2) is 20.2 Å². The molecule has 0 aliphatic rings. The summed E-state index contributed by atoms with van der Waals surface area (Å²) in [5.74, 6) is 0.296. The van der Waals surface area contributed by atoms with Crippen LogP contribution in [-0.2, 0) is 25.6 Å². The lowest BCUT2D eigenvalue weighted by Gasteiger charge is -2.18. The van der Waals surface area contributed by atoms with Gasteiger partial charge in [0.1, 0.15) is 11.4 Å². The molecule has 6 nitrogen and oxygen atoms in total. The van der Waals surface area contributed by atoms with Gasteiger partial charge in [-0.1, -0.05) is 29.8 Å². The first-order chi connectivity index (χ1) is 12.0. The minimum atomic E-state index is -3.83. The molecule has 0 saturated carbocycles. The molecule has 2 rings (SSSR count). The summed E-state index contributed by atoms with van der Waals surface area (Å²) in [6.45, 7) is 6.97. The van der Waals surface area contributed by atoms with Gasteiger partial charge in [-0.05, 0) is 57.5 Å². The van der Waals surface area contributed by atoms with Crippen LogP contribution >= 0.6 is 0 Å². The average Bonchev–Trinajstić information content (AvgIpc) is 2.53. The SMILES string of the molecule is Cc1ccc(S(=O)(=O)OCc2ccc(OC(=O)OC(C)(C)C)cc2)cc1. The normalized spacial score (nSPS) is 11.8. The second-order valence-corrected chi connectivity index (χ2v) is 8.36. The summed E-state index contributed by atoms with van der Waals surface area (Å²) in [5.41, 5.74) is 0.941. The molecule has 0 N–H and O–H groups in total. The van der Waals surface area contributed by atoms with Gasteiger partial charge in [-0.25, -0.2) is 4.79 Å². The van der Waals surface area contributed by atoms with Gasteiger partial charge in [0.15, 0.2) is 0 Å². The van der Waals surface area contributed by atoms with Crippen LogP contribution in [0.25, 0.3) is 0 Å². The van der Waals surface area contributed by atoms with Gasteiger partial charge in [-0.2, -0.15) is 8.42 Å². The van der Waals surface area contributed by atoms with E-state index in [1.165, 1.54) is 12.1 Å². The van der Waals surface area contributed by atoms with E-state index in [2.05, 4.69) is 0 Å². The quantitative estimate of drug-likeness (QED) is 0.440. The molecule has 0 aliphatic heterocycles. The molecule has 0 saturated heterocycles. The predicted octanol–water partition coefficient (Wildman–Crippen LogP) is 4.21. The van der Waals surface area contributed by atoms with E-state index < -0.39 is 21.9 Å². The van der Waals surface area contributed by atoms with Gasteiger partial charge in [0.05, 0.1) is 11.5 Å². The largest absolute Gasteiger partial charge is 0.514 e. The third-order valence-corrected chi connectivity index (χ3v) is 4.48. The number of ether oxygens (including phenoxy) is 2. The van der Waals surface area contributed by atoms with Crippen molar-refractivity contribution in [1.29, 1.82) is 0 Å². The van der Waals surface area contributed by atoms with Gasteiger partial charge >= 0.3 is 6.16 Å². The minimum Gasteiger partial charge on any atom is -0.428 e. The van der Waals surface area contributed by atoms with Gasteiger partial charge in [-0.15, -0.1) is 0 Å². The Labute approximate surface area is 153 Å². The molecule has 7 heteroatoms. The van der Waals surface area contributed by atoms with Crippen molar-refractivity contribution < 1.29 is 26.9 Å². The predicted molar refractivity (Wildman–Crippen MR) is 96.5 cm³/mol. The third kappa shape index (κ3) is 6.16. The highest BCUT2D eigenvalue weighted by atomic mass is 32.2. The molecule has 0 heterocycles. The van der Waals surface area contributed by atoms with Crippen LogP contribution in [0.3, 0.4) is 0 Å². The first kappa shape index (κ1) is 19.9. The first-order valence-electron chi connectivity index (χ1n) is 8.01. The Balaban J connectivity index is 1.95. The lowest BCUT2D eigenvalue weighted by Crippen LogP contribution is -2.25. The summed E-state index contributed by atoms with van der Waals surface area (Å²) in [6, 6.07) is 12.7. The van der Waals surface area contributed by atoms with Crippen LogP contribution in [0.1, 0.15) is 31.9 Å². The van der Waals surface area contributed by atoms with Crippen LogP contribution in [0.5, 0.6) is 5.75 Å². The Bertz CT molecular complexity index is 846. The summed E-state index contributed by atoms with van der Waals surface area (Å²) in [5, 5.41) is 0. The number of hydrogen-bond donors (Lipinski definition) is 0. The first-order valence-corrected chi connectivity index (χ1v) is 9.42. The van der Waals surface area contributed by atoms with Crippen LogP contribution < -0.4 is 4.74 Å². The Morgan fingerprint density at radius 1 is 0.962 bits per heavy atom. The number of benzene rings is 2. The highest BCUT2D eigenvalue weighted by Gasteiger charge is 2.18. The van der Waals surface area contributed by atoms with Crippen molar-refractivity contribution in [3.05, 3.63) is 59.7 Å². The van der Waals surface area contributed by atoms with E-state index in [0.29, 0.717) is 11.3 Å². The van der Waals surface area contributed by atoms with Gasteiger partial charge in [0.25, 0.3) is 10.1 Å². The summed E-state index contributed by atoms with van der Waals surface area (Å²) in [6.07, 6.45) is -0.802. The lowest BCUT2D eigenvalue weighted by atomic mass is 10.2. The Hall–Kier alpha value is -2.38. The smallest absolute Gasteiger partial charge is 0.428 e.